The zero-order valence-corrected chi connectivity index (χ0v) is 17.5. The first-order valence-corrected chi connectivity index (χ1v) is 10.2. The summed E-state index contributed by atoms with van der Waals surface area (Å²) in [5, 5.41) is 8.45. The Labute approximate surface area is 181 Å². The Morgan fingerprint density at radius 1 is 0.677 bits per heavy atom. The fourth-order valence-electron chi connectivity index (χ4n) is 2.74. The Morgan fingerprint density at radius 3 is 1.48 bits per heavy atom. The average molecular weight is 439 g/mol. The molecule has 0 spiro atoms. The fourth-order valence-corrected chi connectivity index (χ4v) is 2.74. The standard InChI is InChI=1S/C21H29NO9/c23-19(24)5-7-27-9-11-29-13-15-31-16-14-30-12-10-28-8-6-22-20(25)17-3-1-2-4-18(17)21(22)26/h1-4H,5-16H2,(H,23,24). The maximum Gasteiger partial charge on any atom is 0.305 e. The molecule has 0 atom stereocenters. The predicted octanol–water partition coefficient (Wildman–Crippen LogP) is 0.840. The molecule has 0 bridgehead atoms. The topological polar surface area (TPSA) is 121 Å². The van der Waals surface area contributed by atoms with E-state index in [0.717, 1.165) is 0 Å². The largest absolute Gasteiger partial charge is 0.481 e. The molecular weight excluding hydrogens is 410 g/mol. The fraction of sp³-hybridized carbons (Fsp3) is 0.571. The van der Waals surface area contributed by atoms with Crippen molar-refractivity contribution in [3.63, 3.8) is 0 Å². The van der Waals surface area contributed by atoms with Crippen LogP contribution in [0.1, 0.15) is 27.1 Å². The number of ether oxygens (including phenoxy) is 5. The number of carbonyl (C=O) groups is 3. The second-order valence-electron chi connectivity index (χ2n) is 6.51. The van der Waals surface area contributed by atoms with Gasteiger partial charge in [-0.2, -0.15) is 0 Å². The van der Waals surface area contributed by atoms with E-state index in [1.54, 1.807) is 24.3 Å². The molecule has 0 radical (unpaired) electrons. The molecule has 0 saturated carbocycles. The number of carbonyl (C=O) groups excluding carboxylic acids is 2. The van der Waals surface area contributed by atoms with Crippen LogP contribution in [0.15, 0.2) is 24.3 Å². The summed E-state index contributed by atoms with van der Waals surface area (Å²) >= 11 is 0. The highest BCUT2D eigenvalue weighted by Gasteiger charge is 2.34. The minimum atomic E-state index is -0.885. The quantitative estimate of drug-likeness (QED) is 0.262. The lowest BCUT2D eigenvalue weighted by Gasteiger charge is -2.13. The number of carboxylic acid groups (broad SMARTS) is 1. The SMILES string of the molecule is O=C(O)CCOCCOCCOCCOCCOCCN1C(=O)c2ccccc2C1=O. The molecule has 1 aromatic rings. The van der Waals surface area contributed by atoms with Gasteiger partial charge in [0, 0.05) is 0 Å². The molecule has 0 fully saturated rings. The highest BCUT2D eigenvalue weighted by atomic mass is 16.6. The molecule has 0 saturated heterocycles. The maximum absolute atomic E-state index is 12.2. The van der Waals surface area contributed by atoms with Crippen molar-refractivity contribution in [3.05, 3.63) is 35.4 Å². The minimum absolute atomic E-state index is 0.0132. The first kappa shape index (κ1) is 24.9. The second-order valence-corrected chi connectivity index (χ2v) is 6.51. The summed E-state index contributed by atoms with van der Waals surface area (Å²) < 4.78 is 26.5. The van der Waals surface area contributed by atoms with Gasteiger partial charge in [-0.1, -0.05) is 12.1 Å². The normalized spacial score (nSPS) is 13.1. The third-order valence-corrected chi connectivity index (χ3v) is 4.29. The molecule has 2 rings (SSSR count). The van der Waals surface area contributed by atoms with Crippen LogP contribution in [0.3, 0.4) is 0 Å². The van der Waals surface area contributed by atoms with Crippen molar-refractivity contribution >= 4 is 17.8 Å². The summed E-state index contributed by atoms with van der Waals surface area (Å²) in [6.45, 7) is 3.80. The van der Waals surface area contributed by atoms with E-state index in [-0.39, 0.29) is 38.0 Å². The van der Waals surface area contributed by atoms with Crippen molar-refractivity contribution < 1.29 is 43.2 Å². The molecule has 31 heavy (non-hydrogen) atoms. The molecule has 172 valence electrons. The molecule has 1 aliphatic rings. The summed E-state index contributed by atoms with van der Waals surface area (Å²) in [6.07, 6.45) is -0.0132. The van der Waals surface area contributed by atoms with Crippen LogP contribution in [0, 0.1) is 0 Å². The Kier molecular flexibility index (Phi) is 11.7. The van der Waals surface area contributed by atoms with Gasteiger partial charge in [0.25, 0.3) is 11.8 Å². The van der Waals surface area contributed by atoms with E-state index in [1.807, 2.05) is 0 Å². The number of aliphatic carboxylic acids is 1. The highest BCUT2D eigenvalue weighted by molar-refractivity contribution is 6.21. The smallest absolute Gasteiger partial charge is 0.305 e. The summed E-state index contributed by atoms with van der Waals surface area (Å²) in [6, 6.07) is 6.78. The van der Waals surface area contributed by atoms with E-state index >= 15 is 0 Å². The number of nitrogens with zero attached hydrogens (tertiary/aromatic N) is 1. The van der Waals surface area contributed by atoms with Crippen LogP contribution in [-0.2, 0) is 28.5 Å². The van der Waals surface area contributed by atoms with Gasteiger partial charge >= 0.3 is 5.97 Å². The predicted molar refractivity (Wildman–Crippen MR) is 108 cm³/mol. The lowest BCUT2D eigenvalue weighted by Crippen LogP contribution is -2.33. The first-order valence-electron chi connectivity index (χ1n) is 10.2. The van der Waals surface area contributed by atoms with Gasteiger partial charge in [0.1, 0.15) is 0 Å². The zero-order valence-electron chi connectivity index (χ0n) is 17.5. The molecular formula is C21H29NO9. The summed E-state index contributed by atoms with van der Waals surface area (Å²) in [5.74, 6) is -1.45. The van der Waals surface area contributed by atoms with Gasteiger partial charge in [0.15, 0.2) is 0 Å². The van der Waals surface area contributed by atoms with E-state index in [4.69, 9.17) is 28.8 Å². The van der Waals surface area contributed by atoms with Crippen LogP contribution < -0.4 is 0 Å². The Morgan fingerprint density at radius 2 is 1.06 bits per heavy atom. The summed E-state index contributed by atoms with van der Waals surface area (Å²) in [4.78, 5) is 35.9. The summed E-state index contributed by atoms with van der Waals surface area (Å²) in [7, 11) is 0. The number of fused-ring (bicyclic) bond motifs is 1. The van der Waals surface area contributed by atoms with Gasteiger partial charge in [-0.25, -0.2) is 0 Å². The van der Waals surface area contributed by atoms with Gasteiger partial charge < -0.3 is 28.8 Å². The number of rotatable bonds is 18. The van der Waals surface area contributed by atoms with E-state index in [9.17, 15) is 14.4 Å². The minimum Gasteiger partial charge on any atom is -0.481 e. The number of imide groups is 1. The lowest BCUT2D eigenvalue weighted by molar-refractivity contribution is -0.138. The molecule has 0 unspecified atom stereocenters. The third kappa shape index (κ3) is 9.11. The van der Waals surface area contributed by atoms with Crippen LogP contribution in [0.4, 0.5) is 0 Å². The van der Waals surface area contributed by atoms with E-state index < -0.39 is 5.97 Å². The number of benzene rings is 1. The number of hydrogen-bond donors (Lipinski definition) is 1. The van der Waals surface area contributed by atoms with Crippen molar-refractivity contribution in [1.29, 1.82) is 0 Å². The Hall–Kier alpha value is -2.37. The van der Waals surface area contributed by atoms with Gasteiger partial charge in [0.05, 0.1) is 90.2 Å². The molecule has 10 heteroatoms. The van der Waals surface area contributed by atoms with Crippen molar-refractivity contribution in [2.24, 2.45) is 0 Å². The highest BCUT2D eigenvalue weighted by Crippen LogP contribution is 2.21. The van der Waals surface area contributed by atoms with Gasteiger partial charge in [-0.15, -0.1) is 0 Å². The van der Waals surface area contributed by atoms with Crippen molar-refractivity contribution in [2.45, 2.75) is 6.42 Å². The van der Waals surface area contributed by atoms with Crippen LogP contribution in [0.25, 0.3) is 0 Å². The average Bonchev–Trinajstić information content (AvgIpc) is 3.00. The molecule has 1 heterocycles. The van der Waals surface area contributed by atoms with Crippen molar-refractivity contribution in [2.75, 3.05) is 72.6 Å². The monoisotopic (exact) mass is 439 g/mol. The molecule has 1 aliphatic heterocycles. The van der Waals surface area contributed by atoms with Crippen molar-refractivity contribution in [1.82, 2.24) is 4.90 Å². The van der Waals surface area contributed by atoms with E-state index in [1.165, 1.54) is 4.90 Å². The molecule has 0 aromatic heterocycles. The Bertz CT molecular complexity index is 675. The number of carboxylic acids is 1. The molecule has 1 N–H and O–H groups in total. The molecule has 0 aliphatic carbocycles. The third-order valence-electron chi connectivity index (χ3n) is 4.29. The van der Waals surface area contributed by atoms with E-state index in [2.05, 4.69) is 0 Å². The van der Waals surface area contributed by atoms with E-state index in [0.29, 0.717) is 64.0 Å². The van der Waals surface area contributed by atoms with Gasteiger partial charge in [-0.05, 0) is 12.1 Å². The van der Waals surface area contributed by atoms with Crippen LogP contribution in [0.5, 0.6) is 0 Å². The summed E-state index contributed by atoms with van der Waals surface area (Å²) in [5.41, 5.74) is 0.871. The van der Waals surface area contributed by atoms with Gasteiger partial charge in [0.2, 0.25) is 0 Å². The number of hydrogen-bond acceptors (Lipinski definition) is 8. The van der Waals surface area contributed by atoms with Crippen LogP contribution in [-0.4, -0.2) is 100 Å². The molecule has 1 aromatic carbocycles. The molecule has 2 amide bonds. The second kappa shape index (κ2) is 14.6. The number of amides is 2. The van der Waals surface area contributed by atoms with Crippen molar-refractivity contribution in [3.8, 4) is 0 Å². The van der Waals surface area contributed by atoms with Gasteiger partial charge in [-0.3, -0.25) is 19.3 Å². The zero-order chi connectivity index (χ0) is 22.3. The molecule has 10 nitrogen and oxygen atoms in total. The lowest BCUT2D eigenvalue weighted by atomic mass is 10.1. The Balaban J connectivity index is 1.34. The van der Waals surface area contributed by atoms with Crippen LogP contribution >= 0.6 is 0 Å². The first-order chi connectivity index (χ1) is 15.1. The maximum atomic E-state index is 12.2. The van der Waals surface area contributed by atoms with Crippen LogP contribution in [0.2, 0.25) is 0 Å².